The van der Waals surface area contributed by atoms with Crippen LogP contribution in [0.3, 0.4) is 0 Å². The molecule has 21 heavy (non-hydrogen) atoms. The van der Waals surface area contributed by atoms with Gasteiger partial charge >= 0.3 is 147 Å². The molecule has 0 aliphatic carbocycles. The standard InChI is InChI=1S/C18H20O.2Li/c1-3-15(2)9-10-16-11-13-18(14-12-16)19-17-7-5-4-6-8-17;;/h4-8,11-15H,3,9H2,1-2H3;;. The Morgan fingerprint density at radius 3 is 2.10 bits per heavy atom. The first-order valence-corrected chi connectivity index (χ1v) is 7.84. The summed E-state index contributed by atoms with van der Waals surface area (Å²) < 4.78 is 6.06. The Labute approximate surface area is 146 Å². The Bertz CT molecular complexity index is 549. The first-order valence-electron chi connectivity index (χ1n) is 7.84. The van der Waals surface area contributed by atoms with E-state index in [1.165, 1.54) is 18.4 Å². The average Bonchev–Trinajstić information content (AvgIpc) is 2.48. The number of ether oxygens (including phenoxy) is 1. The first-order chi connectivity index (χ1) is 10.0. The van der Waals surface area contributed by atoms with E-state index in [0.717, 1.165) is 17.4 Å². The van der Waals surface area contributed by atoms with Crippen molar-refractivity contribution in [1.82, 2.24) is 0 Å². The van der Waals surface area contributed by atoms with Gasteiger partial charge in [-0.2, -0.15) is 0 Å². The summed E-state index contributed by atoms with van der Waals surface area (Å²) in [6.45, 7) is 4.59. The second-order valence-electron chi connectivity index (χ2n) is 6.54. The Morgan fingerprint density at radius 2 is 1.52 bits per heavy atom. The summed E-state index contributed by atoms with van der Waals surface area (Å²) in [4.78, 5) is 0. The molecule has 100 valence electrons. The molecule has 0 bridgehead atoms. The zero-order chi connectivity index (χ0) is 15.3. The molecule has 0 saturated carbocycles. The van der Waals surface area contributed by atoms with Crippen LogP contribution in [0.1, 0.15) is 32.3 Å². The van der Waals surface area contributed by atoms with Crippen LogP contribution in [0.4, 0.5) is 0 Å². The maximum atomic E-state index is 5.85. The molecule has 0 radical (unpaired) electrons. The third-order valence-electron chi connectivity index (χ3n) is 4.17. The Hall–Kier alpha value is -0.565. The van der Waals surface area contributed by atoms with E-state index in [-0.39, 0.29) is 2.76 Å². The Balaban J connectivity index is 2.08. The number of hydrogen-bond donors (Lipinski definition) is 0. The Morgan fingerprint density at radius 1 is 0.952 bits per heavy atom. The fraction of sp³-hybridized carbons (Fsp3) is 0.333. The van der Waals surface area contributed by atoms with Crippen molar-refractivity contribution < 1.29 is 4.74 Å². The van der Waals surface area contributed by atoms with E-state index < -0.39 is 0 Å². The third-order valence-corrected chi connectivity index (χ3v) is 4.17. The van der Waals surface area contributed by atoms with Gasteiger partial charge in [-0.3, -0.25) is 0 Å². The summed E-state index contributed by atoms with van der Waals surface area (Å²) in [6.07, 6.45) is 2.45. The van der Waals surface area contributed by atoms with Crippen LogP contribution in [0.5, 0.6) is 11.5 Å². The van der Waals surface area contributed by atoms with Crippen LogP contribution in [-0.2, 0) is 2.76 Å². The summed E-state index contributed by atoms with van der Waals surface area (Å²) >= 11 is 4.65. The molecule has 2 rings (SSSR count). The predicted molar refractivity (Wildman–Crippen MR) is 90.2 cm³/mol. The van der Waals surface area contributed by atoms with E-state index in [1.54, 1.807) is 0 Å². The quantitative estimate of drug-likeness (QED) is 0.704. The molecule has 0 fully saturated rings. The number of benzene rings is 2. The molecule has 0 aromatic heterocycles. The molecule has 0 saturated heterocycles. The predicted octanol–water partition coefficient (Wildman–Crippen LogP) is 4.40. The third kappa shape index (κ3) is 4.98. The van der Waals surface area contributed by atoms with E-state index in [4.69, 9.17) is 4.74 Å². The van der Waals surface area contributed by atoms with Crippen LogP contribution in [-0.4, -0.2) is 35.4 Å². The van der Waals surface area contributed by atoms with Gasteiger partial charge in [-0.1, -0.05) is 0 Å². The van der Waals surface area contributed by atoms with Crippen LogP contribution in [0.25, 0.3) is 0 Å². The SMILES string of the molecule is [Li][C]([Li])(CC(C)CC)c1ccc(Oc2ccccc2)cc1. The molecule has 0 spiro atoms. The van der Waals surface area contributed by atoms with E-state index in [9.17, 15) is 0 Å². The fourth-order valence-electron chi connectivity index (χ4n) is 2.73. The van der Waals surface area contributed by atoms with Crippen molar-refractivity contribution in [2.45, 2.75) is 29.5 Å². The molecule has 0 amide bonds. The molecule has 0 N–H and O–H groups in total. The minimum absolute atomic E-state index is 0.209. The zero-order valence-corrected chi connectivity index (χ0v) is 13.6. The summed E-state index contributed by atoms with van der Waals surface area (Å²) in [5.74, 6) is 2.52. The van der Waals surface area contributed by atoms with Gasteiger partial charge < -0.3 is 0 Å². The van der Waals surface area contributed by atoms with Gasteiger partial charge in [0.1, 0.15) is 0 Å². The normalized spacial score (nSPS) is 13.0. The van der Waals surface area contributed by atoms with Gasteiger partial charge in [-0.25, -0.2) is 0 Å². The molecule has 1 unspecified atom stereocenters. The van der Waals surface area contributed by atoms with Crippen LogP contribution in [0, 0.1) is 5.92 Å². The van der Waals surface area contributed by atoms with Crippen LogP contribution in [0.2, 0.25) is 0 Å². The van der Waals surface area contributed by atoms with Crippen LogP contribution < -0.4 is 4.74 Å². The number of hydrogen-bond acceptors (Lipinski definition) is 1. The van der Waals surface area contributed by atoms with Crippen LogP contribution in [0.15, 0.2) is 54.6 Å². The molecule has 0 aliphatic rings. The molecule has 2 aromatic carbocycles. The molecule has 1 nitrogen and oxygen atoms in total. The summed E-state index contributed by atoms with van der Waals surface area (Å²) in [6, 6.07) is 18.4. The van der Waals surface area contributed by atoms with Gasteiger partial charge in [-0.05, 0) is 0 Å². The van der Waals surface area contributed by atoms with Crippen molar-refractivity contribution >= 4 is 35.4 Å². The minimum atomic E-state index is 0.209. The van der Waals surface area contributed by atoms with Crippen molar-refractivity contribution in [3.63, 3.8) is 0 Å². The van der Waals surface area contributed by atoms with E-state index in [1.807, 2.05) is 30.3 Å². The average molecular weight is 266 g/mol. The van der Waals surface area contributed by atoms with E-state index in [2.05, 4.69) is 73.5 Å². The molecule has 2 aromatic rings. The van der Waals surface area contributed by atoms with Gasteiger partial charge in [-0.15, -0.1) is 0 Å². The second-order valence-corrected chi connectivity index (χ2v) is 6.54. The van der Waals surface area contributed by atoms with Gasteiger partial charge in [0.25, 0.3) is 0 Å². The molecule has 1 atom stereocenters. The fourth-order valence-corrected chi connectivity index (χ4v) is 2.73. The van der Waals surface area contributed by atoms with E-state index >= 15 is 0 Å². The number of rotatable bonds is 6. The van der Waals surface area contributed by atoms with Crippen molar-refractivity contribution in [3.05, 3.63) is 60.2 Å². The van der Waals surface area contributed by atoms with Gasteiger partial charge in [0.2, 0.25) is 0 Å². The Kier molecular flexibility index (Phi) is 6.10. The number of para-hydroxylation sites is 1. The van der Waals surface area contributed by atoms with Crippen molar-refractivity contribution in [2.24, 2.45) is 5.92 Å². The van der Waals surface area contributed by atoms with Gasteiger partial charge in [0.05, 0.1) is 0 Å². The summed E-state index contributed by atoms with van der Waals surface area (Å²) in [5, 5.41) is 0. The summed E-state index contributed by atoms with van der Waals surface area (Å²) in [5.41, 5.74) is 1.38. The van der Waals surface area contributed by atoms with Crippen molar-refractivity contribution in [3.8, 4) is 11.5 Å². The topological polar surface area (TPSA) is 9.23 Å². The van der Waals surface area contributed by atoms with Gasteiger partial charge in [0, 0.05) is 0 Å². The molecule has 3 heteroatoms. The van der Waals surface area contributed by atoms with E-state index in [0.29, 0.717) is 0 Å². The molecule has 0 aliphatic heterocycles. The van der Waals surface area contributed by atoms with Crippen molar-refractivity contribution in [1.29, 1.82) is 0 Å². The molecular formula is C18H20Li2O. The zero-order valence-electron chi connectivity index (χ0n) is 13.6. The van der Waals surface area contributed by atoms with Gasteiger partial charge in [0.15, 0.2) is 0 Å². The maximum absolute atomic E-state index is 5.85. The van der Waals surface area contributed by atoms with Crippen LogP contribution >= 0.6 is 0 Å². The molecule has 0 heterocycles. The van der Waals surface area contributed by atoms with Crippen molar-refractivity contribution in [2.75, 3.05) is 0 Å². The molecular weight excluding hydrogens is 246 g/mol. The monoisotopic (exact) mass is 266 g/mol. The summed E-state index contributed by atoms with van der Waals surface area (Å²) in [7, 11) is 0. The first kappa shape index (κ1) is 16.8. The second kappa shape index (κ2) is 7.62.